The van der Waals surface area contributed by atoms with Crippen LogP contribution in [0.5, 0.6) is 0 Å². The van der Waals surface area contributed by atoms with E-state index in [1.807, 2.05) is 0 Å². The first kappa shape index (κ1) is 23.9. The topological polar surface area (TPSA) is 30.9 Å². The van der Waals surface area contributed by atoms with Gasteiger partial charge in [-0.2, -0.15) is 0 Å². The summed E-state index contributed by atoms with van der Waals surface area (Å²) < 4.78 is 26.6. The highest BCUT2D eigenvalue weighted by Crippen LogP contribution is 2.25. The third-order valence-electron chi connectivity index (χ3n) is 5.02. The molecule has 2 aromatic rings. The zero-order valence-corrected chi connectivity index (χ0v) is 20.1. The molecule has 0 radical (unpaired) electrons. The van der Waals surface area contributed by atoms with Crippen molar-refractivity contribution >= 4 is 47.0 Å². The number of thiophene rings is 1. The first-order chi connectivity index (χ1) is 13.6. The van der Waals surface area contributed by atoms with E-state index in [4.69, 9.17) is 4.99 Å². The van der Waals surface area contributed by atoms with Crippen molar-refractivity contribution in [3.63, 3.8) is 0 Å². The molecule has 1 fully saturated rings. The molecular weight excluding hydrogens is 505 g/mol. The molecule has 2 heterocycles. The van der Waals surface area contributed by atoms with Crippen LogP contribution in [0.15, 0.2) is 40.7 Å². The molecule has 0 amide bonds. The van der Waals surface area contributed by atoms with Gasteiger partial charge < -0.3 is 15.1 Å². The van der Waals surface area contributed by atoms with E-state index in [2.05, 4.69) is 46.6 Å². The Bertz CT molecular complexity index is 785. The lowest BCUT2D eigenvalue weighted by atomic mass is 10.1. The Balaban J connectivity index is 0.00000300. The van der Waals surface area contributed by atoms with Gasteiger partial charge in [0, 0.05) is 56.4 Å². The fourth-order valence-electron chi connectivity index (χ4n) is 3.42. The van der Waals surface area contributed by atoms with Crippen molar-refractivity contribution in [1.82, 2.24) is 10.2 Å². The minimum Gasteiger partial charge on any atom is -0.371 e. The number of nitrogens with zero attached hydrogens (tertiary/aromatic N) is 3. The summed E-state index contributed by atoms with van der Waals surface area (Å²) in [6, 6.07) is 8.37. The van der Waals surface area contributed by atoms with Crippen LogP contribution in [0, 0.1) is 17.6 Å². The van der Waals surface area contributed by atoms with Crippen molar-refractivity contribution in [2.24, 2.45) is 10.9 Å². The summed E-state index contributed by atoms with van der Waals surface area (Å²) in [5.74, 6) is -0.261. The molecule has 1 N–H and O–H groups in total. The first-order valence-electron chi connectivity index (χ1n) is 9.78. The summed E-state index contributed by atoms with van der Waals surface area (Å²) in [7, 11) is 2.07. The molecule has 0 bridgehead atoms. The highest BCUT2D eigenvalue weighted by Gasteiger charge is 2.23. The average Bonchev–Trinajstić information content (AvgIpc) is 3.37. The molecule has 1 unspecified atom stereocenters. The second kappa shape index (κ2) is 11.7. The zero-order chi connectivity index (χ0) is 19.9. The van der Waals surface area contributed by atoms with Crippen LogP contribution >= 0.6 is 35.3 Å². The second-order valence-corrected chi connectivity index (χ2v) is 8.18. The maximum atomic E-state index is 13.5. The monoisotopic (exact) mass is 534 g/mol. The van der Waals surface area contributed by atoms with E-state index in [9.17, 15) is 8.78 Å². The molecular formula is C21H29F2IN4S. The Kier molecular flexibility index (Phi) is 9.61. The Hall–Kier alpha value is -1.42. The van der Waals surface area contributed by atoms with Gasteiger partial charge in [-0.15, -0.1) is 35.3 Å². The predicted octanol–water partition coefficient (Wildman–Crippen LogP) is 4.61. The molecule has 29 heavy (non-hydrogen) atoms. The van der Waals surface area contributed by atoms with Gasteiger partial charge in [-0.05, 0) is 49.3 Å². The van der Waals surface area contributed by atoms with E-state index in [0.29, 0.717) is 5.92 Å². The minimum absolute atomic E-state index is 0. The number of likely N-dealkylation sites (N-methyl/N-ethyl adjacent to an activating group) is 1. The van der Waals surface area contributed by atoms with Gasteiger partial charge in [0.05, 0.1) is 0 Å². The third-order valence-corrected chi connectivity index (χ3v) is 5.96. The summed E-state index contributed by atoms with van der Waals surface area (Å²) in [4.78, 5) is 10.5. The molecule has 0 aliphatic carbocycles. The maximum Gasteiger partial charge on any atom is 0.193 e. The van der Waals surface area contributed by atoms with Gasteiger partial charge in [0.1, 0.15) is 0 Å². The lowest BCUT2D eigenvalue weighted by Crippen LogP contribution is -2.40. The van der Waals surface area contributed by atoms with E-state index in [1.165, 1.54) is 17.0 Å². The molecule has 4 nitrogen and oxygen atoms in total. The van der Waals surface area contributed by atoms with Crippen LogP contribution in [-0.2, 0) is 6.42 Å². The second-order valence-electron chi connectivity index (χ2n) is 7.14. The smallest absolute Gasteiger partial charge is 0.193 e. The van der Waals surface area contributed by atoms with Crippen molar-refractivity contribution in [3.05, 3.63) is 52.2 Å². The SMILES string of the molecule is CCNC(=NCC1CCN(c2ccc(F)c(F)c2)C1)N(C)CCc1cccs1.I. The van der Waals surface area contributed by atoms with E-state index in [0.717, 1.165) is 57.2 Å². The Morgan fingerprint density at radius 3 is 2.83 bits per heavy atom. The van der Waals surface area contributed by atoms with Crippen LogP contribution in [-0.4, -0.2) is 50.6 Å². The highest BCUT2D eigenvalue weighted by molar-refractivity contribution is 14.0. The van der Waals surface area contributed by atoms with E-state index in [1.54, 1.807) is 17.4 Å². The van der Waals surface area contributed by atoms with Crippen LogP contribution in [0.25, 0.3) is 0 Å². The molecule has 1 atom stereocenters. The normalized spacial score (nSPS) is 16.6. The lowest BCUT2D eigenvalue weighted by molar-refractivity contribution is 0.481. The van der Waals surface area contributed by atoms with Gasteiger partial charge in [0.15, 0.2) is 17.6 Å². The van der Waals surface area contributed by atoms with E-state index >= 15 is 0 Å². The number of anilines is 1. The molecule has 1 aromatic heterocycles. The molecule has 3 rings (SSSR count). The molecule has 1 aliphatic heterocycles. The Morgan fingerprint density at radius 1 is 1.31 bits per heavy atom. The van der Waals surface area contributed by atoms with Crippen LogP contribution in [0.3, 0.4) is 0 Å². The van der Waals surface area contributed by atoms with Crippen LogP contribution in [0.1, 0.15) is 18.2 Å². The van der Waals surface area contributed by atoms with Crippen LogP contribution in [0.4, 0.5) is 14.5 Å². The molecule has 1 aliphatic rings. The minimum atomic E-state index is -0.801. The molecule has 0 saturated carbocycles. The average molecular weight is 534 g/mol. The largest absolute Gasteiger partial charge is 0.371 e. The van der Waals surface area contributed by atoms with Gasteiger partial charge in [-0.3, -0.25) is 4.99 Å². The fraction of sp³-hybridized carbons (Fsp3) is 0.476. The van der Waals surface area contributed by atoms with Crippen molar-refractivity contribution in [1.29, 1.82) is 0 Å². The zero-order valence-electron chi connectivity index (χ0n) is 16.9. The Morgan fingerprint density at radius 2 is 2.14 bits per heavy atom. The van der Waals surface area contributed by atoms with Gasteiger partial charge in [-0.1, -0.05) is 6.07 Å². The van der Waals surface area contributed by atoms with Gasteiger partial charge in [0.25, 0.3) is 0 Å². The molecule has 160 valence electrons. The van der Waals surface area contributed by atoms with Crippen molar-refractivity contribution < 1.29 is 8.78 Å². The van der Waals surface area contributed by atoms with Crippen molar-refractivity contribution in [2.45, 2.75) is 19.8 Å². The first-order valence-corrected chi connectivity index (χ1v) is 10.7. The number of hydrogen-bond acceptors (Lipinski definition) is 3. The van der Waals surface area contributed by atoms with Crippen LogP contribution < -0.4 is 10.2 Å². The number of nitrogens with one attached hydrogen (secondary N) is 1. The maximum absolute atomic E-state index is 13.5. The number of halogens is 3. The van der Waals surface area contributed by atoms with Crippen molar-refractivity contribution in [3.8, 4) is 0 Å². The number of benzene rings is 1. The summed E-state index contributed by atoms with van der Waals surface area (Å²) in [6.07, 6.45) is 2.01. The quantitative estimate of drug-likeness (QED) is 0.320. The summed E-state index contributed by atoms with van der Waals surface area (Å²) >= 11 is 1.78. The molecule has 8 heteroatoms. The van der Waals surface area contributed by atoms with Crippen LogP contribution in [0.2, 0.25) is 0 Å². The number of hydrogen-bond donors (Lipinski definition) is 1. The van der Waals surface area contributed by atoms with Gasteiger partial charge in [0.2, 0.25) is 0 Å². The third kappa shape index (κ3) is 6.80. The van der Waals surface area contributed by atoms with Gasteiger partial charge >= 0.3 is 0 Å². The standard InChI is InChI=1S/C21H28F2N4S.HI/c1-3-24-21(26(2)10-9-18-5-4-12-28-18)25-14-16-8-11-27(15-16)17-6-7-19(22)20(23)13-17;/h4-7,12-13,16H,3,8-11,14-15H2,1-2H3,(H,24,25);1H. The van der Waals surface area contributed by atoms with E-state index < -0.39 is 11.6 Å². The highest BCUT2D eigenvalue weighted by atomic mass is 127. The number of rotatable bonds is 7. The summed E-state index contributed by atoms with van der Waals surface area (Å²) in [5, 5.41) is 5.47. The Labute approximate surface area is 193 Å². The summed E-state index contributed by atoms with van der Waals surface area (Å²) in [5.41, 5.74) is 0.741. The molecule has 1 saturated heterocycles. The molecule has 0 spiro atoms. The fourth-order valence-corrected chi connectivity index (χ4v) is 4.12. The molecule has 1 aromatic carbocycles. The summed E-state index contributed by atoms with van der Waals surface area (Å²) in [6.45, 7) is 6.20. The van der Waals surface area contributed by atoms with Gasteiger partial charge in [-0.25, -0.2) is 8.78 Å². The van der Waals surface area contributed by atoms with Crippen molar-refractivity contribution in [2.75, 3.05) is 44.7 Å². The number of guanidine groups is 1. The van der Waals surface area contributed by atoms with E-state index in [-0.39, 0.29) is 24.0 Å². The number of aliphatic imine (C=N–C) groups is 1. The lowest BCUT2D eigenvalue weighted by Gasteiger charge is -2.22. The predicted molar refractivity (Wildman–Crippen MR) is 129 cm³/mol.